The Kier molecular flexibility index (Phi) is 8.72. The van der Waals surface area contributed by atoms with Gasteiger partial charge < -0.3 is 9.47 Å². The van der Waals surface area contributed by atoms with Gasteiger partial charge in [0, 0.05) is 16.1 Å². The molecule has 0 aliphatic carbocycles. The Morgan fingerprint density at radius 3 is 1.84 bits per heavy atom. The van der Waals surface area contributed by atoms with Gasteiger partial charge in [-0.2, -0.15) is 0 Å². The van der Waals surface area contributed by atoms with E-state index in [4.69, 9.17) is 32.7 Å². The quantitative estimate of drug-likeness (QED) is 0.184. The Hall–Kier alpha value is -2.82. The van der Waals surface area contributed by atoms with Crippen LogP contribution in [0.4, 0.5) is 0 Å². The lowest BCUT2D eigenvalue weighted by Crippen LogP contribution is -2.11. The van der Waals surface area contributed by atoms with Gasteiger partial charge in [-0.15, -0.1) is 0 Å². The van der Waals surface area contributed by atoms with Crippen molar-refractivity contribution in [1.82, 2.24) is 0 Å². The molecule has 0 saturated carbocycles. The first-order valence-electron chi connectivity index (χ1n) is 10.5. The summed E-state index contributed by atoms with van der Waals surface area (Å²) < 4.78 is 11.2. The van der Waals surface area contributed by atoms with Gasteiger partial charge in [-0.3, -0.25) is 0 Å². The smallest absolute Gasteiger partial charge is 0.343 e. The van der Waals surface area contributed by atoms with Crippen molar-refractivity contribution in [1.29, 1.82) is 0 Å². The maximum Gasteiger partial charge on any atom is 0.343 e. The molecule has 0 aliphatic heterocycles. The number of rotatable bonds is 9. The number of halogens is 2. The number of carbonyl (C=O) groups is 2. The fourth-order valence-corrected chi connectivity index (χ4v) is 3.39. The van der Waals surface area contributed by atoms with Crippen LogP contribution in [-0.4, -0.2) is 11.9 Å². The topological polar surface area (TPSA) is 52.6 Å². The Morgan fingerprint density at radius 2 is 1.28 bits per heavy atom. The number of aryl methyl sites for hydroxylation is 1. The number of ether oxygens (including phenoxy) is 2. The third-order valence-electron chi connectivity index (χ3n) is 4.91. The number of carbonyl (C=O) groups excluding carboxylic acids is 2. The highest BCUT2D eigenvalue weighted by Gasteiger charge is 2.15. The summed E-state index contributed by atoms with van der Waals surface area (Å²) in [6, 6.07) is 18.0. The molecule has 0 spiro atoms. The number of unbranched alkanes of at least 4 members (excludes halogenated alkanes) is 3. The summed E-state index contributed by atoms with van der Waals surface area (Å²) in [5.74, 6) is -0.353. The number of esters is 2. The molecule has 0 saturated heterocycles. The zero-order valence-electron chi connectivity index (χ0n) is 17.8. The fraction of sp³-hybridized carbons (Fsp3) is 0.231. The molecule has 3 aromatic rings. The van der Waals surface area contributed by atoms with Crippen LogP contribution in [0.2, 0.25) is 10.0 Å². The van der Waals surface area contributed by atoms with E-state index in [-0.39, 0.29) is 0 Å². The molecule has 0 aromatic heterocycles. The molecular weight excluding hydrogens is 447 g/mol. The molecule has 0 amide bonds. The molecule has 32 heavy (non-hydrogen) atoms. The standard InChI is InChI=1S/C26H24Cl2O4/c1-2-3-4-5-6-18-11-16-23(31-25(29)19-7-12-21(27)13-8-19)17-24(18)32-26(30)20-9-14-22(28)15-10-20/h7-17H,2-6H2,1H3. The molecule has 3 aromatic carbocycles. The van der Waals surface area contributed by atoms with Crippen molar-refractivity contribution in [2.75, 3.05) is 0 Å². The SMILES string of the molecule is CCCCCCc1ccc(OC(=O)c2ccc(Cl)cc2)cc1OC(=O)c1ccc(Cl)cc1. The van der Waals surface area contributed by atoms with Crippen LogP contribution in [0.15, 0.2) is 66.7 Å². The van der Waals surface area contributed by atoms with Gasteiger partial charge in [0.2, 0.25) is 0 Å². The fourth-order valence-electron chi connectivity index (χ4n) is 3.14. The second kappa shape index (κ2) is 11.7. The predicted molar refractivity (Wildman–Crippen MR) is 127 cm³/mol. The minimum Gasteiger partial charge on any atom is -0.423 e. The molecule has 6 heteroatoms. The number of benzene rings is 3. The Labute approximate surface area is 198 Å². The van der Waals surface area contributed by atoms with Gasteiger partial charge in [0.25, 0.3) is 0 Å². The highest BCUT2D eigenvalue weighted by atomic mass is 35.5. The van der Waals surface area contributed by atoms with Crippen molar-refractivity contribution < 1.29 is 19.1 Å². The third-order valence-corrected chi connectivity index (χ3v) is 5.42. The van der Waals surface area contributed by atoms with E-state index >= 15 is 0 Å². The molecule has 0 heterocycles. The summed E-state index contributed by atoms with van der Waals surface area (Å²) >= 11 is 11.8. The molecule has 0 radical (unpaired) electrons. The summed E-state index contributed by atoms with van der Waals surface area (Å²) in [6.07, 6.45) is 5.11. The van der Waals surface area contributed by atoms with E-state index in [0.717, 1.165) is 37.7 Å². The maximum atomic E-state index is 12.7. The second-order valence-corrected chi connectivity index (χ2v) is 8.25. The summed E-state index contributed by atoms with van der Waals surface area (Å²) in [4.78, 5) is 25.1. The van der Waals surface area contributed by atoms with Crippen molar-refractivity contribution in [2.45, 2.75) is 39.0 Å². The van der Waals surface area contributed by atoms with Crippen LogP contribution < -0.4 is 9.47 Å². The Bertz CT molecular complexity index is 1060. The average molecular weight is 471 g/mol. The molecule has 0 unspecified atom stereocenters. The summed E-state index contributed by atoms with van der Waals surface area (Å²) in [7, 11) is 0. The lowest BCUT2D eigenvalue weighted by molar-refractivity contribution is 0.0731. The average Bonchev–Trinajstić information content (AvgIpc) is 2.78. The maximum absolute atomic E-state index is 12.7. The minimum absolute atomic E-state index is 0.293. The van der Waals surface area contributed by atoms with E-state index in [1.54, 1.807) is 60.7 Å². The molecule has 0 aliphatic rings. The monoisotopic (exact) mass is 470 g/mol. The van der Waals surface area contributed by atoms with E-state index in [9.17, 15) is 9.59 Å². The molecule has 4 nitrogen and oxygen atoms in total. The van der Waals surface area contributed by atoms with Gasteiger partial charge in [0.1, 0.15) is 11.5 Å². The predicted octanol–water partition coefficient (Wildman–Crippen LogP) is 7.55. The van der Waals surface area contributed by atoms with Gasteiger partial charge in [-0.05, 0) is 73.0 Å². The molecule has 0 N–H and O–H groups in total. The third kappa shape index (κ3) is 6.84. The van der Waals surface area contributed by atoms with Crippen molar-refractivity contribution in [3.8, 4) is 11.5 Å². The van der Waals surface area contributed by atoms with Gasteiger partial charge in [0.15, 0.2) is 0 Å². The molecular formula is C26H24Cl2O4. The van der Waals surface area contributed by atoms with Crippen LogP contribution in [0.25, 0.3) is 0 Å². The first-order valence-corrected chi connectivity index (χ1v) is 11.3. The molecule has 3 rings (SSSR count). The normalized spacial score (nSPS) is 10.6. The lowest BCUT2D eigenvalue weighted by Gasteiger charge is -2.13. The van der Waals surface area contributed by atoms with Crippen LogP contribution in [0.5, 0.6) is 11.5 Å². The molecule has 0 fully saturated rings. The van der Waals surface area contributed by atoms with Crippen LogP contribution in [0.3, 0.4) is 0 Å². The van der Waals surface area contributed by atoms with E-state index in [2.05, 4.69) is 6.92 Å². The second-order valence-electron chi connectivity index (χ2n) is 7.37. The number of hydrogen-bond donors (Lipinski definition) is 0. The Balaban J connectivity index is 1.79. The summed E-state index contributed by atoms with van der Waals surface area (Å²) in [5.41, 5.74) is 1.64. The van der Waals surface area contributed by atoms with Crippen LogP contribution in [0.1, 0.15) is 58.9 Å². The first-order chi connectivity index (χ1) is 15.5. The first kappa shape index (κ1) is 23.8. The van der Waals surface area contributed by atoms with Gasteiger partial charge in [-0.1, -0.05) is 55.5 Å². The minimum atomic E-state index is -0.521. The van der Waals surface area contributed by atoms with Crippen LogP contribution >= 0.6 is 23.2 Å². The summed E-state index contributed by atoms with van der Waals surface area (Å²) in [6.45, 7) is 2.16. The van der Waals surface area contributed by atoms with Crippen molar-refractivity contribution >= 4 is 35.1 Å². The van der Waals surface area contributed by atoms with E-state index < -0.39 is 11.9 Å². The van der Waals surface area contributed by atoms with Crippen LogP contribution in [-0.2, 0) is 6.42 Å². The van der Waals surface area contributed by atoms with Crippen molar-refractivity contribution in [3.63, 3.8) is 0 Å². The van der Waals surface area contributed by atoms with E-state index in [1.807, 2.05) is 6.07 Å². The highest BCUT2D eigenvalue weighted by molar-refractivity contribution is 6.31. The van der Waals surface area contributed by atoms with Gasteiger partial charge >= 0.3 is 11.9 Å². The van der Waals surface area contributed by atoms with E-state index in [0.29, 0.717) is 32.7 Å². The zero-order valence-corrected chi connectivity index (χ0v) is 19.3. The molecule has 166 valence electrons. The number of hydrogen-bond acceptors (Lipinski definition) is 4. The lowest BCUT2D eigenvalue weighted by atomic mass is 10.0. The Morgan fingerprint density at radius 1 is 0.719 bits per heavy atom. The largest absolute Gasteiger partial charge is 0.423 e. The highest BCUT2D eigenvalue weighted by Crippen LogP contribution is 2.28. The summed E-state index contributed by atoms with van der Waals surface area (Å²) in [5, 5.41) is 1.07. The molecule has 0 atom stereocenters. The van der Waals surface area contributed by atoms with Crippen molar-refractivity contribution in [2.24, 2.45) is 0 Å². The van der Waals surface area contributed by atoms with Gasteiger partial charge in [-0.25, -0.2) is 9.59 Å². The zero-order chi connectivity index (χ0) is 22.9. The molecule has 0 bridgehead atoms. The van der Waals surface area contributed by atoms with Crippen LogP contribution in [0, 0.1) is 0 Å². The van der Waals surface area contributed by atoms with Crippen molar-refractivity contribution in [3.05, 3.63) is 93.5 Å². The van der Waals surface area contributed by atoms with Gasteiger partial charge in [0.05, 0.1) is 11.1 Å². The van der Waals surface area contributed by atoms with E-state index in [1.165, 1.54) is 0 Å².